The number of hydrogen-bond donors (Lipinski definition) is 0. The average Bonchev–Trinajstić information content (AvgIpc) is 3.44. The zero-order chi connectivity index (χ0) is 21.0. The highest BCUT2D eigenvalue weighted by molar-refractivity contribution is 7.13. The standard InChI is InChI=1S/C20H13ClN4O4S/c21-14-3-1-13(2-4-14)20-16-10-22-6-5-15(16)19(27)24(20)8-7-23(20)18(26)12-9-17(25(28)29)30-11-12/h1-6,9-11H,7-8H2. The molecule has 4 heterocycles. The van der Waals surface area contributed by atoms with Crippen LogP contribution in [0.5, 0.6) is 0 Å². The van der Waals surface area contributed by atoms with Gasteiger partial charge in [0.1, 0.15) is 0 Å². The topological polar surface area (TPSA) is 96.6 Å². The van der Waals surface area contributed by atoms with E-state index in [0.717, 1.165) is 11.3 Å². The molecule has 0 spiro atoms. The van der Waals surface area contributed by atoms with E-state index >= 15 is 0 Å². The van der Waals surface area contributed by atoms with E-state index in [2.05, 4.69) is 4.98 Å². The van der Waals surface area contributed by atoms with Crippen LogP contribution in [0.3, 0.4) is 0 Å². The highest BCUT2D eigenvalue weighted by atomic mass is 35.5. The van der Waals surface area contributed by atoms with Gasteiger partial charge in [0.05, 0.1) is 16.1 Å². The monoisotopic (exact) mass is 440 g/mol. The fourth-order valence-corrected chi connectivity index (χ4v) is 5.12. The van der Waals surface area contributed by atoms with Crippen LogP contribution in [-0.2, 0) is 5.66 Å². The molecule has 0 radical (unpaired) electrons. The molecule has 1 atom stereocenters. The summed E-state index contributed by atoms with van der Waals surface area (Å²) in [6.07, 6.45) is 3.15. The molecule has 2 amide bonds. The van der Waals surface area contributed by atoms with E-state index in [1.807, 2.05) is 0 Å². The fraction of sp³-hybridized carbons (Fsp3) is 0.150. The Morgan fingerprint density at radius 3 is 2.70 bits per heavy atom. The summed E-state index contributed by atoms with van der Waals surface area (Å²) in [5.41, 5.74) is 0.815. The third-order valence-electron chi connectivity index (χ3n) is 5.51. The largest absolute Gasteiger partial charge is 0.324 e. The molecule has 2 aliphatic heterocycles. The molecular weight excluding hydrogens is 428 g/mol. The number of hydrogen-bond acceptors (Lipinski definition) is 6. The van der Waals surface area contributed by atoms with Crippen LogP contribution in [-0.4, -0.2) is 44.6 Å². The first-order valence-electron chi connectivity index (χ1n) is 9.02. The summed E-state index contributed by atoms with van der Waals surface area (Å²) in [7, 11) is 0. The molecule has 0 bridgehead atoms. The molecule has 1 unspecified atom stereocenters. The molecule has 150 valence electrons. The third-order valence-corrected chi connectivity index (χ3v) is 6.64. The van der Waals surface area contributed by atoms with Crippen LogP contribution >= 0.6 is 22.9 Å². The van der Waals surface area contributed by atoms with Gasteiger partial charge in [0, 0.05) is 53.1 Å². The highest BCUT2D eigenvalue weighted by Crippen LogP contribution is 2.50. The molecule has 30 heavy (non-hydrogen) atoms. The van der Waals surface area contributed by atoms with Crippen LogP contribution in [0.4, 0.5) is 5.00 Å². The Bertz CT molecular complexity index is 1210. The average molecular weight is 441 g/mol. The number of carbonyl (C=O) groups is 2. The zero-order valence-corrected chi connectivity index (χ0v) is 16.9. The van der Waals surface area contributed by atoms with Crippen molar-refractivity contribution in [2.24, 2.45) is 0 Å². The van der Waals surface area contributed by atoms with Crippen molar-refractivity contribution in [2.75, 3.05) is 13.1 Å². The van der Waals surface area contributed by atoms with Crippen molar-refractivity contribution < 1.29 is 14.5 Å². The molecular formula is C20H13ClN4O4S. The van der Waals surface area contributed by atoms with Crippen LogP contribution in [0.1, 0.15) is 31.8 Å². The van der Waals surface area contributed by atoms with E-state index in [9.17, 15) is 19.7 Å². The number of benzene rings is 1. The number of nitro groups is 1. The normalized spacial score (nSPS) is 19.7. The number of fused-ring (bicyclic) bond motifs is 3. The lowest BCUT2D eigenvalue weighted by atomic mass is 9.90. The minimum absolute atomic E-state index is 0.112. The second kappa shape index (κ2) is 6.61. The summed E-state index contributed by atoms with van der Waals surface area (Å²) in [4.78, 5) is 44.7. The molecule has 0 saturated carbocycles. The van der Waals surface area contributed by atoms with Crippen LogP contribution in [0.15, 0.2) is 54.2 Å². The van der Waals surface area contributed by atoms with Gasteiger partial charge in [-0.15, -0.1) is 0 Å². The first-order chi connectivity index (χ1) is 14.4. The third kappa shape index (κ3) is 2.42. The van der Waals surface area contributed by atoms with Gasteiger partial charge >= 0.3 is 5.00 Å². The van der Waals surface area contributed by atoms with Gasteiger partial charge in [0.15, 0.2) is 5.66 Å². The highest BCUT2D eigenvalue weighted by Gasteiger charge is 2.60. The molecule has 10 heteroatoms. The summed E-state index contributed by atoms with van der Waals surface area (Å²) in [6.45, 7) is 0.610. The summed E-state index contributed by atoms with van der Waals surface area (Å²) >= 11 is 6.98. The van der Waals surface area contributed by atoms with Crippen molar-refractivity contribution in [3.05, 3.63) is 91.6 Å². The Morgan fingerprint density at radius 2 is 2.00 bits per heavy atom. The second-order valence-corrected chi connectivity index (χ2v) is 8.27. The van der Waals surface area contributed by atoms with Gasteiger partial charge in [0.25, 0.3) is 11.8 Å². The Kier molecular flexibility index (Phi) is 4.12. The molecule has 2 aromatic heterocycles. The van der Waals surface area contributed by atoms with E-state index in [1.165, 1.54) is 11.4 Å². The van der Waals surface area contributed by atoms with Gasteiger partial charge in [-0.25, -0.2) is 0 Å². The predicted octanol–water partition coefficient (Wildman–Crippen LogP) is 3.52. The van der Waals surface area contributed by atoms with Crippen molar-refractivity contribution in [3.8, 4) is 0 Å². The van der Waals surface area contributed by atoms with Gasteiger partial charge in [-0.05, 0) is 18.2 Å². The molecule has 0 aliphatic carbocycles. The number of pyridine rings is 1. The Balaban J connectivity index is 1.71. The molecule has 2 aliphatic rings. The minimum atomic E-state index is -1.18. The lowest BCUT2D eigenvalue weighted by Gasteiger charge is -2.40. The van der Waals surface area contributed by atoms with Crippen molar-refractivity contribution in [1.29, 1.82) is 0 Å². The SMILES string of the molecule is O=C(c1csc([N+](=O)[O-])c1)N1CCN2C(=O)c3ccncc3C12c1ccc(Cl)cc1. The van der Waals surface area contributed by atoms with Gasteiger partial charge in [-0.3, -0.25) is 24.7 Å². The molecule has 5 rings (SSSR count). The van der Waals surface area contributed by atoms with Crippen LogP contribution in [0.2, 0.25) is 5.02 Å². The number of thiophene rings is 1. The smallest absolute Gasteiger partial charge is 0.306 e. The Hall–Kier alpha value is -3.30. The fourth-order valence-electron chi connectivity index (χ4n) is 4.30. The zero-order valence-electron chi connectivity index (χ0n) is 15.3. The number of carbonyl (C=O) groups excluding carboxylic acids is 2. The van der Waals surface area contributed by atoms with Gasteiger partial charge in [0.2, 0.25) is 0 Å². The molecule has 8 nitrogen and oxygen atoms in total. The van der Waals surface area contributed by atoms with Gasteiger partial charge in [-0.1, -0.05) is 35.1 Å². The lowest BCUT2D eigenvalue weighted by Crippen LogP contribution is -2.51. The number of halogens is 1. The number of aromatic nitrogens is 1. The van der Waals surface area contributed by atoms with Crippen molar-refractivity contribution >= 4 is 39.8 Å². The number of nitrogens with zero attached hydrogens (tertiary/aromatic N) is 4. The number of amides is 2. The Morgan fingerprint density at radius 1 is 1.23 bits per heavy atom. The molecule has 1 aromatic carbocycles. The second-order valence-electron chi connectivity index (χ2n) is 6.94. The quantitative estimate of drug-likeness (QED) is 0.458. The van der Waals surface area contributed by atoms with Gasteiger partial charge < -0.3 is 9.80 Å². The maximum atomic E-state index is 13.5. The lowest BCUT2D eigenvalue weighted by molar-refractivity contribution is -0.380. The van der Waals surface area contributed by atoms with Gasteiger partial charge in [-0.2, -0.15) is 0 Å². The summed E-state index contributed by atoms with van der Waals surface area (Å²) in [5.74, 6) is -0.574. The van der Waals surface area contributed by atoms with Crippen LogP contribution in [0.25, 0.3) is 0 Å². The van der Waals surface area contributed by atoms with Crippen molar-refractivity contribution in [3.63, 3.8) is 0 Å². The summed E-state index contributed by atoms with van der Waals surface area (Å²) < 4.78 is 0. The molecule has 1 saturated heterocycles. The predicted molar refractivity (Wildman–Crippen MR) is 110 cm³/mol. The minimum Gasteiger partial charge on any atom is -0.306 e. The van der Waals surface area contributed by atoms with E-state index < -0.39 is 10.6 Å². The summed E-state index contributed by atoms with van der Waals surface area (Å²) in [6, 6.07) is 9.90. The first kappa shape index (κ1) is 18.7. The van der Waals surface area contributed by atoms with E-state index in [-0.39, 0.29) is 28.9 Å². The van der Waals surface area contributed by atoms with E-state index in [0.29, 0.717) is 28.3 Å². The molecule has 0 N–H and O–H groups in total. The summed E-state index contributed by atoms with van der Waals surface area (Å²) in [5, 5.41) is 13.0. The molecule has 3 aromatic rings. The number of rotatable bonds is 3. The first-order valence-corrected chi connectivity index (χ1v) is 10.3. The van der Waals surface area contributed by atoms with Crippen molar-refractivity contribution in [1.82, 2.24) is 14.8 Å². The van der Waals surface area contributed by atoms with Crippen LogP contribution < -0.4 is 0 Å². The van der Waals surface area contributed by atoms with E-state index in [4.69, 9.17) is 11.6 Å². The van der Waals surface area contributed by atoms with E-state index in [1.54, 1.807) is 52.5 Å². The molecule has 1 fully saturated rings. The maximum absolute atomic E-state index is 13.5. The van der Waals surface area contributed by atoms with Crippen LogP contribution in [0, 0.1) is 10.1 Å². The maximum Gasteiger partial charge on any atom is 0.324 e. The van der Waals surface area contributed by atoms with Crippen molar-refractivity contribution in [2.45, 2.75) is 5.66 Å². The Labute approximate surface area is 179 Å².